The van der Waals surface area contributed by atoms with Gasteiger partial charge in [0, 0.05) is 15.8 Å². The Labute approximate surface area is 203 Å². The van der Waals surface area contributed by atoms with Crippen molar-refractivity contribution < 1.29 is 9.59 Å². The molecular weight excluding hydrogens is 549 g/mol. The summed E-state index contributed by atoms with van der Waals surface area (Å²) in [5.41, 5.74) is 1.15. The molecule has 0 aliphatic heterocycles. The highest BCUT2D eigenvalue weighted by molar-refractivity contribution is 14.1. The smallest absolute Gasteiger partial charge is 0.253 e. The zero-order chi connectivity index (χ0) is 22.4. The molecule has 162 valence electrons. The van der Waals surface area contributed by atoms with Crippen LogP contribution in [0.3, 0.4) is 0 Å². The third-order valence-corrected chi connectivity index (χ3v) is 6.39. The Bertz CT molecular complexity index is 1070. The maximum atomic E-state index is 12.6. The Morgan fingerprint density at radius 3 is 2.55 bits per heavy atom. The van der Waals surface area contributed by atoms with E-state index in [1.54, 1.807) is 24.3 Å². The molecule has 1 heterocycles. The monoisotopic (exact) mass is 569 g/mol. The predicted molar refractivity (Wildman–Crippen MR) is 132 cm³/mol. The van der Waals surface area contributed by atoms with Gasteiger partial charge in [0.25, 0.3) is 5.91 Å². The standard InChI is InChI=1S/C21H21ClIN5O2S/c1-3-28-19(13(2)24-20(30)16-6-4-5-7-17(16)22)26-27-21(28)31-12-18(29)25-15-10-8-14(23)9-11-15/h4-11,13H,3,12H2,1-2H3,(H,24,30)(H,25,29)/t13-/m0/s1. The molecule has 0 aliphatic carbocycles. The lowest BCUT2D eigenvalue weighted by Gasteiger charge is -2.15. The molecule has 0 saturated carbocycles. The van der Waals surface area contributed by atoms with E-state index in [-0.39, 0.29) is 23.6 Å². The van der Waals surface area contributed by atoms with Crippen LogP contribution in [0.1, 0.15) is 36.1 Å². The summed E-state index contributed by atoms with van der Waals surface area (Å²) < 4.78 is 2.99. The van der Waals surface area contributed by atoms with Crippen molar-refractivity contribution in [2.24, 2.45) is 0 Å². The maximum Gasteiger partial charge on any atom is 0.253 e. The maximum absolute atomic E-state index is 12.6. The van der Waals surface area contributed by atoms with E-state index in [1.807, 2.05) is 42.7 Å². The van der Waals surface area contributed by atoms with Crippen LogP contribution in [0, 0.1) is 3.57 Å². The summed E-state index contributed by atoms with van der Waals surface area (Å²) in [6.07, 6.45) is 0. The molecule has 1 atom stereocenters. The number of hydrogen-bond donors (Lipinski definition) is 2. The number of hydrogen-bond acceptors (Lipinski definition) is 5. The third-order valence-electron chi connectivity index (χ3n) is 4.38. The zero-order valence-corrected chi connectivity index (χ0v) is 20.7. The Morgan fingerprint density at radius 2 is 1.87 bits per heavy atom. The Morgan fingerprint density at radius 1 is 1.16 bits per heavy atom. The molecule has 0 saturated heterocycles. The van der Waals surface area contributed by atoms with Gasteiger partial charge in [-0.3, -0.25) is 9.59 Å². The minimum absolute atomic E-state index is 0.126. The molecule has 3 rings (SSSR count). The van der Waals surface area contributed by atoms with E-state index in [0.29, 0.717) is 28.1 Å². The number of carbonyl (C=O) groups is 2. The molecule has 1 aromatic heterocycles. The van der Waals surface area contributed by atoms with Crippen LogP contribution < -0.4 is 10.6 Å². The van der Waals surface area contributed by atoms with Crippen molar-refractivity contribution >= 4 is 63.5 Å². The highest BCUT2D eigenvalue weighted by atomic mass is 127. The Kier molecular flexibility index (Phi) is 8.33. The van der Waals surface area contributed by atoms with Gasteiger partial charge < -0.3 is 15.2 Å². The van der Waals surface area contributed by atoms with Gasteiger partial charge in [0.05, 0.1) is 22.4 Å². The van der Waals surface area contributed by atoms with E-state index in [4.69, 9.17) is 11.6 Å². The second kappa shape index (κ2) is 11.0. The molecule has 0 spiro atoms. The summed E-state index contributed by atoms with van der Waals surface area (Å²) >= 11 is 9.63. The average Bonchev–Trinajstić information content (AvgIpc) is 3.17. The van der Waals surface area contributed by atoms with Crippen molar-refractivity contribution in [3.05, 3.63) is 68.5 Å². The molecule has 31 heavy (non-hydrogen) atoms. The molecule has 2 aromatic carbocycles. The Hall–Kier alpha value is -2.11. The first-order valence-corrected chi connectivity index (χ1v) is 12.0. The topological polar surface area (TPSA) is 88.9 Å². The number of rotatable bonds is 8. The van der Waals surface area contributed by atoms with Crippen LogP contribution in [0.2, 0.25) is 5.02 Å². The summed E-state index contributed by atoms with van der Waals surface area (Å²) in [6, 6.07) is 14.1. The highest BCUT2D eigenvalue weighted by Gasteiger charge is 2.21. The number of halogens is 2. The van der Waals surface area contributed by atoms with Gasteiger partial charge >= 0.3 is 0 Å². The fourth-order valence-corrected chi connectivity index (χ4v) is 4.26. The molecule has 0 radical (unpaired) electrons. The number of carbonyl (C=O) groups excluding carboxylic acids is 2. The summed E-state index contributed by atoms with van der Waals surface area (Å²) in [5, 5.41) is 15.2. The molecule has 10 heteroatoms. The lowest BCUT2D eigenvalue weighted by molar-refractivity contribution is -0.113. The first kappa shape index (κ1) is 23.6. The Balaban J connectivity index is 1.63. The normalized spacial score (nSPS) is 11.7. The number of aromatic nitrogens is 3. The SMILES string of the molecule is CCn1c(SCC(=O)Nc2ccc(I)cc2)nnc1[C@H](C)NC(=O)c1ccccc1Cl. The van der Waals surface area contributed by atoms with Gasteiger partial charge in [0.1, 0.15) is 0 Å². The molecule has 2 amide bonds. The van der Waals surface area contributed by atoms with Gasteiger partial charge in [-0.2, -0.15) is 0 Å². The fourth-order valence-electron chi connectivity index (χ4n) is 2.87. The van der Waals surface area contributed by atoms with E-state index >= 15 is 0 Å². The number of amides is 2. The lowest BCUT2D eigenvalue weighted by Crippen LogP contribution is -2.29. The summed E-state index contributed by atoms with van der Waals surface area (Å²) in [6.45, 7) is 4.41. The second-order valence-corrected chi connectivity index (χ2v) is 9.20. The van der Waals surface area contributed by atoms with Crippen LogP contribution in [0.5, 0.6) is 0 Å². The van der Waals surface area contributed by atoms with E-state index in [9.17, 15) is 9.59 Å². The number of anilines is 1. The molecule has 7 nitrogen and oxygen atoms in total. The van der Waals surface area contributed by atoms with Crippen LogP contribution in [0.25, 0.3) is 0 Å². The number of benzene rings is 2. The minimum atomic E-state index is -0.383. The molecule has 0 aliphatic rings. The van der Waals surface area contributed by atoms with Gasteiger partial charge in [-0.05, 0) is 72.8 Å². The van der Waals surface area contributed by atoms with Crippen LogP contribution >= 0.6 is 46.0 Å². The second-order valence-electron chi connectivity index (χ2n) is 6.60. The number of nitrogens with zero attached hydrogens (tertiary/aromatic N) is 3. The molecule has 0 fully saturated rings. The van der Waals surface area contributed by atoms with Gasteiger partial charge in [0.2, 0.25) is 5.91 Å². The molecule has 0 unspecified atom stereocenters. The molecular formula is C21H21ClIN5O2S. The largest absolute Gasteiger partial charge is 0.342 e. The van der Waals surface area contributed by atoms with E-state index in [2.05, 4.69) is 43.4 Å². The van der Waals surface area contributed by atoms with Crippen LogP contribution in [-0.2, 0) is 11.3 Å². The molecule has 3 aromatic rings. The van der Waals surface area contributed by atoms with Crippen molar-refractivity contribution in [1.29, 1.82) is 0 Å². The zero-order valence-electron chi connectivity index (χ0n) is 16.9. The number of nitrogens with one attached hydrogen (secondary N) is 2. The van der Waals surface area contributed by atoms with Crippen LogP contribution in [0.15, 0.2) is 53.7 Å². The van der Waals surface area contributed by atoms with E-state index in [0.717, 1.165) is 9.26 Å². The summed E-state index contributed by atoms with van der Waals surface area (Å²) in [4.78, 5) is 24.8. The quantitative estimate of drug-likeness (QED) is 0.301. The molecule has 2 N–H and O–H groups in total. The third kappa shape index (κ3) is 6.20. The van der Waals surface area contributed by atoms with Gasteiger partial charge in [0.15, 0.2) is 11.0 Å². The van der Waals surface area contributed by atoms with Crippen molar-refractivity contribution in [3.63, 3.8) is 0 Å². The van der Waals surface area contributed by atoms with E-state index in [1.165, 1.54) is 11.8 Å². The highest BCUT2D eigenvalue weighted by Crippen LogP contribution is 2.22. The van der Waals surface area contributed by atoms with Crippen LogP contribution in [-0.4, -0.2) is 32.3 Å². The van der Waals surface area contributed by atoms with Crippen molar-refractivity contribution in [2.45, 2.75) is 31.6 Å². The average molecular weight is 570 g/mol. The predicted octanol–water partition coefficient (Wildman–Crippen LogP) is 4.78. The van der Waals surface area contributed by atoms with Crippen molar-refractivity contribution in [2.75, 3.05) is 11.1 Å². The minimum Gasteiger partial charge on any atom is -0.342 e. The van der Waals surface area contributed by atoms with Crippen LogP contribution in [0.4, 0.5) is 5.69 Å². The van der Waals surface area contributed by atoms with E-state index < -0.39 is 0 Å². The summed E-state index contributed by atoms with van der Waals surface area (Å²) in [7, 11) is 0. The number of thioether (sulfide) groups is 1. The lowest BCUT2D eigenvalue weighted by atomic mass is 10.2. The first-order chi connectivity index (χ1) is 14.9. The first-order valence-electron chi connectivity index (χ1n) is 9.55. The molecule has 0 bridgehead atoms. The summed E-state index contributed by atoms with van der Waals surface area (Å²) in [5.74, 6) is 0.404. The van der Waals surface area contributed by atoms with Crippen molar-refractivity contribution in [3.8, 4) is 0 Å². The van der Waals surface area contributed by atoms with Gasteiger partial charge in [-0.15, -0.1) is 10.2 Å². The van der Waals surface area contributed by atoms with Gasteiger partial charge in [-0.1, -0.05) is 35.5 Å². The van der Waals surface area contributed by atoms with Gasteiger partial charge in [-0.25, -0.2) is 0 Å². The van der Waals surface area contributed by atoms with Crippen molar-refractivity contribution in [1.82, 2.24) is 20.1 Å². The fraction of sp³-hybridized carbons (Fsp3) is 0.238.